The molecular formula is C30H27IN4O7. The molecule has 42 heavy (non-hydrogen) atoms. The minimum absolute atomic E-state index is 0.112. The fourth-order valence-corrected chi connectivity index (χ4v) is 5.04. The summed E-state index contributed by atoms with van der Waals surface area (Å²) in [6.07, 6.45) is 1.41. The molecule has 0 aromatic heterocycles. The second-order valence-corrected chi connectivity index (χ2v) is 10.8. The molecule has 2 heterocycles. The summed E-state index contributed by atoms with van der Waals surface area (Å²) >= 11 is 2.14. The molecule has 12 heteroatoms. The van der Waals surface area contributed by atoms with Crippen LogP contribution in [0.15, 0.2) is 65.8 Å². The molecule has 0 unspecified atom stereocenters. The van der Waals surface area contributed by atoms with Gasteiger partial charge < -0.3 is 24.4 Å². The normalized spacial score (nSPS) is 14.1. The first kappa shape index (κ1) is 29.0. The third-order valence-electron chi connectivity index (χ3n) is 6.72. The summed E-state index contributed by atoms with van der Waals surface area (Å²) < 4.78 is 16.3. The van der Waals surface area contributed by atoms with Crippen LogP contribution in [-0.4, -0.2) is 49.9 Å². The first-order chi connectivity index (χ1) is 20.3. The fraction of sp³-hybridized carbons (Fsp3) is 0.233. The number of aryl methyl sites for hydroxylation is 1. The maximum Gasteiger partial charge on any atom is 0.305 e. The van der Waals surface area contributed by atoms with Gasteiger partial charge in [-0.05, 0) is 95.6 Å². The maximum absolute atomic E-state index is 13.2. The van der Waals surface area contributed by atoms with Gasteiger partial charge >= 0.3 is 5.97 Å². The summed E-state index contributed by atoms with van der Waals surface area (Å²) in [4.78, 5) is 51.5. The summed E-state index contributed by atoms with van der Waals surface area (Å²) in [6, 6.07) is 17.5. The van der Waals surface area contributed by atoms with E-state index in [1.807, 2.05) is 36.4 Å². The van der Waals surface area contributed by atoms with E-state index in [0.717, 1.165) is 9.13 Å². The van der Waals surface area contributed by atoms with Crippen LogP contribution >= 0.6 is 22.6 Å². The molecule has 2 aliphatic rings. The van der Waals surface area contributed by atoms with Gasteiger partial charge in [-0.25, -0.2) is 5.43 Å². The number of fused-ring (bicyclic) bond motifs is 2. The highest BCUT2D eigenvalue weighted by Gasteiger charge is 2.34. The molecule has 0 bridgehead atoms. The fourth-order valence-electron chi connectivity index (χ4n) is 4.55. The van der Waals surface area contributed by atoms with E-state index in [1.165, 1.54) is 7.11 Å². The van der Waals surface area contributed by atoms with E-state index >= 15 is 0 Å². The molecule has 0 saturated carbocycles. The van der Waals surface area contributed by atoms with Crippen LogP contribution in [0, 0.1) is 3.57 Å². The Labute approximate surface area is 255 Å². The summed E-state index contributed by atoms with van der Waals surface area (Å²) in [5, 5.41) is 6.99. The number of esters is 1. The molecule has 11 nitrogen and oxygen atoms in total. The van der Waals surface area contributed by atoms with E-state index in [9.17, 15) is 19.2 Å². The smallest absolute Gasteiger partial charge is 0.305 e. The zero-order valence-corrected chi connectivity index (χ0v) is 24.8. The Morgan fingerprint density at radius 2 is 1.79 bits per heavy atom. The highest BCUT2D eigenvalue weighted by atomic mass is 127. The SMILES string of the molecule is COC(=O)CCCN1C(=O)/C(=N\NC(=O)c2ccc(NC(=O)CCc3ccc4c(c3)OCO4)cc2)c2cc(I)ccc21. The van der Waals surface area contributed by atoms with E-state index in [0.29, 0.717) is 53.4 Å². The van der Waals surface area contributed by atoms with Gasteiger partial charge in [-0.15, -0.1) is 0 Å². The predicted molar refractivity (Wildman–Crippen MR) is 163 cm³/mol. The van der Waals surface area contributed by atoms with Gasteiger partial charge in [0.05, 0.1) is 12.8 Å². The van der Waals surface area contributed by atoms with Gasteiger partial charge in [-0.3, -0.25) is 19.2 Å². The monoisotopic (exact) mass is 682 g/mol. The number of carbonyl (C=O) groups is 4. The van der Waals surface area contributed by atoms with Crippen molar-refractivity contribution in [3.8, 4) is 11.5 Å². The molecule has 0 fully saturated rings. The number of methoxy groups -OCH3 is 1. The number of hydrogen-bond donors (Lipinski definition) is 2. The number of rotatable bonds is 10. The zero-order valence-electron chi connectivity index (χ0n) is 22.6. The van der Waals surface area contributed by atoms with E-state index in [-0.39, 0.29) is 43.1 Å². The lowest BCUT2D eigenvalue weighted by molar-refractivity contribution is -0.140. The minimum atomic E-state index is -0.507. The number of carbonyl (C=O) groups excluding carboxylic acids is 4. The maximum atomic E-state index is 13.2. The predicted octanol–water partition coefficient (Wildman–Crippen LogP) is 4.03. The number of ether oxygens (including phenoxy) is 3. The van der Waals surface area contributed by atoms with Crippen LogP contribution in [-0.2, 0) is 25.5 Å². The first-order valence-corrected chi connectivity index (χ1v) is 14.3. The first-order valence-electron chi connectivity index (χ1n) is 13.2. The number of nitrogens with one attached hydrogen (secondary N) is 2. The van der Waals surface area contributed by atoms with E-state index in [4.69, 9.17) is 9.47 Å². The number of amides is 3. The standard InChI is InChI=1S/C30H27IN4O7/c1-40-27(37)3-2-14-35-23-11-8-20(31)16-22(23)28(30(35)39)33-34-29(38)19-6-9-21(10-7-19)32-26(36)13-5-18-4-12-24-25(15-18)42-17-41-24/h4,6-12,15-16H,2-3,5,13-14,17H2,1H3,(H,32,36)(H,34,38)/b33-28-. The number of hydrazone groups is 1. The lowest BCUT2D eigenvalue weighted by atomic mass is 10.1. The van der Waals surface area contributed by atoms with Crippen molar-refractivity contribution in [1.29, 1.82) is 0 Å². The second-order valence-electron chi connectivity index (χ2n) is 9.51. The van der Waals surface area contributed by atoms with Crippen LogP contribution in [0.25, 0.3) is 0 Å². The van der Waals surface area contributed by atoms with Gasteiger partial charge in [-0.2, -0.15) is 5.10 Å². The Morgan fingerprint density at radius 3 is 2.57 bits per heavy atom. The van der Waals surface area contributed by atoms with E-state index in [2.05, 4.69) is 43.2 Å². The minimum Gasteiger partial charge on any atom is -0.469 e. The van der Waals surface area contributed by atoms with Crippen LogP contribution in [0.1, 0.15) is 40.7 Å². The number of halogens is 1. The van der Waals surface area contributed by atoms with Crippen molar-refractivity contribution < 1.29 is 33.4 Å². The van der Waals surface area contributed by atoms with Crippen LogP contribution in [0.5, 0.6) is 11.5 Å². The van der Waals surface area contributed by atoms with Crippen LogP contribution in [0.4, 0.5) is 11.4 Å². The van der Waals surface area contributed by atoms with Gasteiger partial charge in [0.15, 0.2) is 17.2 Å². The Kier molecular flexibility index (Phi) is 9.00. The summed E-state index contributed by atoms with van der Waals surface area (Å²) in [5.74, 6) is -0.0140. The van der Waals surface area contributed by atoms with Crippen LogP contribution in [0.3, 0.4) is 0 Å². The van der Waals surface area contributed by atoms with Crippen molar-refractivity contribution in [2.45, 2.75) is 25.7 Å². The number of hydrogen-bond acceptors (Lipinski definition) is 8. The van der Waals surface area contributed by atoms with Gasteiger partial charge in [0.2, 0.25) is 12.7 Å². The molecule has 3 aromatic rings. The van der Waals surface area contributed by atoms with E-state index < -0.39 is 5.91 Å². The molecule has 3 amide bonds. The lowest BCUT2D eigenvalue weighted by Gasteiger charge is -2.16. The summed E-state index contributed by atoms with van der Waals surface area (Å²) in [5.41, 5.74) is 5.66. The molecule has 0 aliphatic carbocycles. The highest BCUT2D eigenvalue weighted by Crippen LogP contribution is 2.33. The van der Waals surface area contributed by atoms with Gasteiger partial charge in [-0.1, -0.05) is 6.07 Å². The number of benzene rings is 3. The topological polar surface area (TPSA) is 136 Å². The Hall–Kier alpha value is -4.46. The van der Waals surface area contributed by atoms with E-state index in [1.54, 1.807) is 29.2 Å². The average Bonchev–Trinajstić information content (AvgIpc) is 3.56. The van der Waals surface area contributed by atoms with Crippen molar-refractivity contribution >= 4 is 63.4 Å². The molecule has 0 radical (unpaired) electrons. The molecule has 0 saturated heterocycles. The largest absolute Gasteiger partial charge is 0.469 e. The number of anilines is 2. The highest BCUT2D eigenvalue weighted by molar-refractivity contribution is 14.1. The van der Waals surface area contributed by atoms with Crippen LogP contribution in [0.2, 0.25) is 0 Å². The van der Waals surface area contributed by atoms with Gasteiger partial charge in [0, 0.05) is 39.8 Å². The van der Waals surface area contributed by atoms with Crippen molar-refractivity contribution in [1.82, 2.24) is 5.43 Å². The zero-order chi connectivity index (χ0) is 29.6. The average molecular weight is 682 g/mol. The Balaban J connectivity index is 1.17. The Morgan fingerprint density at radius 1 is 1.00 bits per heavy atom. The van der Waals surface area contributed by atoms with Crippen molar-refractivity contribution in [2.24, 2.45) is 5.10 Å². The third-order valence-corrected chi connectivity index (χ3v) is 7.39. The number of nitrogens with zero attached hydrogens (tertiary/aromatic N) is 2. The van der Waals surface area contributed by atoms with Gasteiger partial charge in [0.25, 0.3) is 11.8 Å². The van der Waals surface area contributed by atoms with Crippen molar-refractivity contribution in [3.63, 3.8) is 0 Å². The molecule has 2 aliphatic heterocycles. The quantitative estimate of drug-likeness (QED) is 0.187. The molecule has 0 spiro atoms. The van der Waals surface area contributed by atoms with Gasteiger partial charge in [0.1, 0.15) is 0 Å². The van der Waals surface area contributed by atoms with Crippen molar-refractivity contribution in [3.05, 3.63) is 80.9 Å². The molecule has 3 aromatic carbocycles. The second kappa shape index (κ2) is 13.0. The lowest BCUT2D eigenvalue weighted by Crippen LogP contribution is -2.32. The molecule has 216 valence electrons. The Bertz CT molecular complexity index is 1570. The van der Waals surface area contributed by atoms with Crippen LogP contribution < -0.4 is 25.1 Å². The third kappa shape index (κ3) is 6.70. The summed E-state index contributed by atoms with van der Waals surface area (Å²) in [6.45, 7) is 0.503. The molecular weight excluding hydrogens is 655 g/mol. The summed E-state index contributed by atoms with van der Waals surface area (Å²) in [7, 11) is 1.32. The molecule has 2 N–H and O–H groups in total. The van der Waals surface area contributed by atoms with Crippen molar-refractivity contribution in [2.75, 3.05) is 30.7 Å². The molecule has 5 rings (SSSR count). The molecule has 0 atom stereocenters.